The first kappa shape index (κ1) is 19.1. The molecule has 0 unspecified atom stereocenters. The Morgan fingerprint density at radius 3 is 2.86 bits per heavy atom. The largest absolute Gasteiger partial charge is 0.387 e. The zero-order valence-corrected chi connectivity index (χ0v) is 16.3. The fourth-order valence-electron chi connectivity index (χ4n) is 3.88. The highest BCUT2D eigenvalue weighted by Gasteiger charge is 2.35. The van der Waals surface area contributed by atoms with Gasteiger partial charge in [-0.25, -0.2) is 4.39 Å². The molecule has 2 aliphatic rings. The van der Waals surface area contributed by atoms with Crippen molar-refractivity contribution in [3.8, 4) is 0 Å². The van der Waals surface area contributed by atoms with Crippen LogP contribution in [-0.4, -0.2) is 40.8 Å². The molecule has 2 aromatic rings. The van der Waals surface area contributed by atoms with Gasteiger partial charge in [-0.1, -0.05) is 23.4 Å². The van der Waals surface area contributed by atoms with Crippen LogP contribution in [0.15, 0.2) is 46.9 Å². The summed E-state index contributed by atoms with van der Waals surface area (Å²) in [5.74, 6) is -0.161. The molecule has 2 aliphatic heterocycles. The molecule has 1 aromatic heterocycles. The molecular formula is C21H23FN2O3S. The monoisotopic (exact) mass is 402 g/mol. The fraction of sp³-hybridized carbons (Fsp3) is 0.429. The Labute approximate surface area is 167 Å². The van der Waals surface area contributed by atoms with Crippen LogP contribution >= 0.6 is 11.3 Å². The molecule has 148 valence electrons. The standard InChI is InChI=1S/C21H23FN2O3S/c22-16-4-1-3-14(11-16)12-17-13-18(27-23-17)21(26)24-8-6-15(7-9-24)20(25)19-5-2-10-28-19/h1-5,10-11,15,18,20,25H,6-9,12-13H2/t18-,20+/m0/s1. The Morgan fingerprint density at radius 2 is 2.14 bits per heavy atom. The molecule has 1 saturated heterocycles. The number of aliphatic hydroxyl groups is 1. The summed E-state index contributed by atoms with van der Waals surface area (Å²) in [6, 6.07) is 10.3. The molecule has 1 N–H and O–H groups in total. The Kier molecular flexibility index (Phi) is 5.73. The number of amides is 1. The first-order chi connectivity index (χ1) is 13.6. The molecule has 0 bridgehead atoms. The summed E-state index contributed by atoms with van der Waals surface area (Å²) in [6.07, 6.45) is 1.41. The molecule has 0 radical (unpaired) electrons. The van der Waals surface area contributed by atoms with E-state index in [1.165, 1.54) is 12.1 Å². The normalized spacial score (nSPS) is 21.3. The topological polar surface area (TPSA) is 62.1 Å². The quantitative estimate of drug-likeness (QED) is 0.832. The second-order valence-electron chi connectivity index (χ2n) is 7.39. The molecule has 1 fully saturated rings. The van der Waals surface area contributed by atoms with E-state index in [1.807, 2.05) is 28.5 Å². The fourth-order valence-corrected chi connectivity index (χ4v) is 4.68. The Balaban J connectivity index is 1.27. The smallest absolute Gasteiger partial charge is 0.266 e. The zero-order chi connectivity index (χ0) is 19.5. The number of carbonyl (C=O) groups excluding carboxylic acids is 1. The highest BCUT2D eigenvalue weighted by Crippen LogP contribution is 2.33. The van der Waals surface area contributed by atoms with Crippen molar-refractivity contribution < 1.29 is 19.1 Å². The van der Waals surface area contributed by atoms with Crippen LogP contribution in [0.25, 0.3) is 0 Å². The molecule has 7 heteroatoms. The van der Waals surface area contributed by atoms with Gasteiger partial charge in [-0.3, -0.25) is 4.79 Å². The van der Waals surface area contributed by atoms with Gasteiger partial charge in [0.15, 0.2) is 0 Å². The Bertz CT molecular complexity index is 847. The maximum Gasteiger partial charge on any atom is 0.266 e. The highest BCUT2D eigenvalue weighted by atomic mass is 32.1. The van der Waals surface area contributed by atoms with Gasteiger partial charge in [0.1, 0.15) is 5.82 Å². The lowest BCUT2D eigenvalue weighted by atomic mass is 9.90. The summed E-state index contributed by atoms with van der Waals surface area (Å²) < 4.78 is 13.3. The number of oxime groups is 1. The van der Waals surface area contributed by atoms with Crippen LogP contribution < -0.4 is 0 Å². The van der Waals surface area contributed by atoms with Crippen molar-refractivity contribution in [2.24, 2.45) is 11.1 Å². The highest BCUT2D eigenvalue weighted by molar-refractivity contribution is 7.10. The van der Waals surface area contributed by atoms with Crippen LogP contribution in [0, 0.1) is 11.7 Å². The van der Waals surface area contributed by atoms with E-state index in [2.05, 4.69) is 5.16 Å². The number of aliphatic hydroxyl groups excluding tert-OH is 1. The lowest BCUT2D eigenvalue weighted by Crippen LogP contribution is -2.44. The first-order valence-electron chi connectivity index (χ1n) is 9.56. The van der Waals surface area contributed by atoms with Gasteiger partial charge in [0.05, 0.1) is 11.8 Å². The number of halogens is 1. The molecule has 3 heterocycles. The van der Waals surface area contributed by atoms with Crippen molar-refractivity contribution >= 4 is 23.0 Å². The number of thiophene rings is 1. The number of nitrogens with zero attached hydrogens (tertiary/aromatic N) is 2. The van der Waals surface area contributed by atoms with Gasteiger partial charge in [0.25, 0.3) is 5.91 Å². The van der Waals surface area contributed by atoms with E-state index in [9.17, 15) is 14.3 Å². The summed E-state index contributed by atoms with van der Waals surface area (Å²) >= 11 is 1.56. The van der Waals surface area contributed by atoms with Gasteiger partial charge in [0, 0.05) is 30.8 Å². The van der Waals surface area contributed by atoms with Crippen LogP contribution in [0.5, 0.6) is 0 Å². The van der Waals surface area contributed by atoms with Crippen LogP contribution in [0.3, 0.4) is 0 Å². The van der Waals surface area contributed by atoms with Crippen LogP contribution in [0.1, 0.15) is 35.8 Å². The molecule has 4 rings (SSSR count). The number of carbonyl (C=O) groups is 1. The number of benzene rings is 1. The van der Waals surface area contributed by atoms with E-state index in [0.717, 1.165) is 29.0 Å². The van der Waals surface area contributed by atoms with E-state index in [1.54, 1.807) is 17.4 Å². The molecule has 0 aliphatic carbocycles. The number of hydrogen-bond donors (Lipinski definition) is 1. The minimum absolute atomic E-state index is 0.0537. The predicted octanol–water partition coefficient (Wildman–Crippen LogP) is 3.55. The zero-order valence-electron chi connectivity index (χ0n) is 15.5. The summed E-state index contributed by atoms with van der Waals surface area (Å²) in [7, 11) is 0. The molecule has 2 atom stereocenters. The van der Waals surface area contributed by atoms with Crippen LogP contribution in [0.4, 0.5) is 4.39 Å². The van der Waals surface area contributed by atoms with Crippen LogP contribution in [-0.2, 0) is 16.1 Å². The minimum Gasteiger partial charge on any atom is -0.387 e. The minimum atomic E-state index is -0.595. The first-order valence-corrected chi connectivity index (χ1v) is 10.4. The average Bonchev–Trinajstić information content (AvgIpc) is 3.39. The molecular weight excluding hydrogens is 379 g/mol. The molecule has 0 saturated carbocycles. The second kappa shape index (κ2) is 8.41. The number of piperidine rings is 1. The van der Waals surface area contributed by atoms with Gasteiger partial charge in [-0.2, -0.15) is 0 Å². The SMILES string of the molecule is O=C([C@@H]1CC(Cc2cccc(F)c2)=NO1)N1CCC([C@@H](O)c2cccs2)CC1. The Hall–Kier alpha value is -2.25. The summed E-state index contributed by atoms with van der Waals surface area (Å²) in [4.78, 5) is 20.9. The number of hydrogen-bond acceptors (Lipinski definition) is 5. The lowest BCUT2D eigenvalue weighted by Gasteiger charge is -2.34. The van der Waals surface area contributed by atoms with E-state index in [-0.39, 0.29) is 17.6 Å². The summed E-state index contributed by atoms with van der Waals surface area (Å²) in [5.41, 5.74) is 1.57. The number of likely N-dealkylation sites (tertiary alicyclic amines) is 1. The van der Waals surface area contributed by atoms with E-state index < -0.39 is 12.2 Å². The van der Waals surface area contributed by atoms with E-state index in [0.29, 0.717) is 25.9 Å². The molecule has 1 amide bonds. The lowest BCUT2D eigenvalue weighted by molar-refractivity contribution is -0.144. The van der Waals surface area contributed by atoms with Crippen molar-refractivity contribution in [3.05, 3.63) is 58.0 Å². The average molecular weight is 402 g/mol. The summed E-state index contributed by atoms with van der Waals surface area (Å²) in [6.45, 7) is 1.23. The molecule has 1 aromatic carbocycles. The third kappa shape index (κ3) is 4.25. The molecule has 5 nitrogen and oxygen atoms in total. The maximum atomic E-state index is 13.3. The molecule has 28 heavy (non-hydrogen) atoms. The maximum absolute atomic E-state index is 13.3. The van der Waals surface area contributed by atoms with Gasteiger partial charge in [0.2, 0.25) is 6.10 Å². The predicted molar refractivity (Wildman–Crippen MR) is 106 cm³/mol. The van der Waals surface area contributed by atoms with Gasteiger partial charge in [-0.05, 0) is 47.9 Å². The van der Waals surface area contributed by atoms with Crippen molar-refractivity contribution in [2.75, 3.05) is 13.1 Å². The second-order valence-corrected chi connectivity index (χ2v) is 8.36. The van der Waals surface area contributed by atoms with Gasteiger partial charge >= 0.3 is 0 Å². The summed E-state index contributed by atoms with van der Waals surface area (Å²) in [5, 5.41) is 16.5. The van der Waals surface area contributed by atoms with Gasteiger partial charge in [-0.15, -0.1) is 11.3 Å². The van der Waals surface area contributed by atoms with Crippen molar-refractivity contribution in [3.63, 3.8) is 0 Å². The van der Waals surface area contributed by atoms with E-state index >= 15 is 0 Å². The van der Waals surface area contributed by atoms with Crippen molar-refractivity contribution in [1.29, 1.82) is 0 Å². The third-order valence-corrected chi connectivity index (χ3v) is 6.38. The van der Waals surface area contributed by atoms with Gasteiger partial charge < -0.3 is 14.8 Å². The van der Waals surface area contributed by atoms with Crippen LogP contribution in [0.2, 0.25) is 0 Å². The van der Waals surface area contributed by atoms with E-state index in [4.69, 9.17) is 4.84 Å². The molecule has 0 spiro atoms. The van der Waals surface area contributed by atoms with Crippen molar-refractivity contribution in [2.45, 2.75) is 37.9 Å². The third-order valence-electron chi connectivity index (χ3n) is 5.44. The Morgan fingerprint density at radius 1 is 1.32 bits per heavy atom. The van der Waals surface area contributed by atoms with Crippen molar-refractivity contribution in [1.82, 2.24) is 4.90 Å². The number of rotatable bonds is 5.